The molecule has 2 saturated heterocycles. The van der Waals surface area contributed by atoms with Crippen molar-refractivity contribution < 1.29 is 9.47 Å². The summed E-state index contributed by atoms with van der Waals surface area (Å²) in [7, 11) is 0. The fraction of sp³-hybridized carbons (Fsp3) is 0.389. The van der Waals surface area contributed by atoms with Gasteiger partial charge in [0.1, 0.15) is 0 Å². The first-order valence-corrected chi connectivity index (χ1v) is 7.76. The molecule has 4 rings (SSSR count). The smallest absolute Gasteiger partial charge is 0.171 e. The van der Waals surface area contributed by atoms with E-state index in [1.165, 1.54) is 5.69 Å². The average molecular weight is 294 g/mol. The van der Waals surface area contributed by atoms with Crippen LogP contribution in [0.15, 0.2) is 36.4 Å². The molecule has 2 aromatic carbocycles. The maximum Gasteiger partial charge on any atom is 0.171 e. The van der Waals surface area contributed by atoms with Crippen molar-refractivity contribution in [2.45, 2.75) is 18.6 Å². The highest BCUT2D eigenvalue weighted by molar-refractivity contribution is 5.97. The summed E-state index contributed by atoms with van der Waals surface area (Å²) in [5, 5.41) is 11.4. The van der Waals surface area contributed by atoms with Gasteiger partial charge in [-0.2, -0.15) is 5.26 Å². The van der Waals surface area contributed by atoms with Gasteiger partial charge in [0.2, 0.25) is 0 Å². The van der Waals surface area contributed by atoms with Crippen LogP contribution in [-0.4, -0.2) is 32.1 Å². The Morgan fingerprint density at radius 2 is 1.64 bits per heavy atom. The van der Waals surface area contributed by atoms with Crippen LogP contribution in [0.5, 0.6) is 0 Å². The standard InChI is InChI=1S/C18H18N2O2/c19-13-14-5-6-17(16-4-2-1-3-15(14)16)20-9-7-18(8-10-20)21-11-12-22-18/h1-6H,7-12H2. The van der Waals surface area contributed by atoms with Crippen molar-refractivity contribution in [2.24, 2.45) is 0 Å². The lowest BCUT2D eigenvalue weighted by atomic mass is 9.99. The summed E-state index contributed by atoms with van der Waals surface area (Å²) in [6, 6.07) is 14.4. The zero-order valence-electron chi connectivity index (χ0n) is 12.4. The first-order valence-electron chi connectivity index (χ1n) is 7.76. The Hall–Kier alpha value is -2.09. The van der Waals surface area contributed by atoms with E-state index in [0.29, 0.717) is 13.2 Å². The summed E-state index contributed by atoms with van der Waals surface area (Å²) in [6.07, 6.45) is 1.78. The third kappa shape index (κ3) is 2.14. The number of nitriles is 1. The molecule has 0 amide bonds. The third-order valence-electron chi connectivity index (χ3n) is 4.70. The van der Waals surface area contributed by atoms with Crippen LogP contribution in [0.2, 0.25) is 0 Å². The lowest BCUT2D eigenvalue weighted by Crippen LogP contribution is -2.45. The van der Waals surface area contributed by atoms with Gasteiger partial charge in [-0.15, -0.1) is 0 Å². The van der Waals surface area contributed by atoms with Gasteiger partial charge < -0.3 is 14.4 Å². The Kier molecular flexibility index (Phi) is 3.25. The van der Waals surface area contributed by atoms with Crippen molar-refractivity contribution in [3.8, 4) is 6.07 Å². The molecule has 2 aromatic rings. The fourth-order valence-corrected chi connectivity index (χ4v) is 3.53. The van der Waals surface area contributed by atoms with Crippen molar-refractivity contribution in [3.05, 3.63) is 42.0 Å². The molecule has 0 N–H and O–H groups in total. The summed E-state index contributed by atoms with van der Waals surface area (Å²) < 4.78 is 11.6. The minimum absolute atomic E-state index is 0.348. The second-order valence-electron chi connectivity index (χ2n) is 5.88. The maximum absolute atomic E-state index is 9.28. The molecule has 2 aliphatic rings. The van der Waals surface area contributed by atoms with Crippen molar-refractivity contribution in [1.82, 2.24) is 0 Å². The highest BCUT2D eigenvalue weighted by atomic mass is 16.7. The Balaban J connectivity index is 1.67. The SMILES string of the molecule is N#Cc1ccc(N2CCC3(CC2)OCCO3)c2ccccc12. The molecule has 0 aromatic heterocycles. The molecule has 1 spiro atoms. The highest BCUT2D eigenvalue weighted by Crippen LogP contribution is 2.36. The lowest BCUT2D eigenvalue weighted by molar-refractivity contribution is -0.169. The van der Waals surface area contributed by atoms with Crippen LogP contribution in [0.3, 0.4) is 0 Å². The molecule has 0 unspecified atom stereocenters. The molecule has 0 bridgehead atoms. The second kappa shape index (κ2) is 5.28. The average Bonchev–Trinajstić information content (AvgIpc) is 3.03. The second-order valence-corrected chi connectivity index (χ2v) is 5.88. The van der Waals surface area contributed by atoms with Crippen LogP contribution < -0.4 is 4.90 Å². The van der Waals surface area contributed by atoms with Gasteiger partial charge in [-0.05, 0) is 12.1 Å². The number of piperidine rings is 1. The van der Waals surface area contributed by atoms with Gasteiger partial charge in [0.05, 0.1) is 24.8 Å². The molecule has 0 saturated carbocycles. The Morgan fingerprint density at radius 1 is 0.955 bits per heavy atom. The Bertz CT molecular complexity index is 734. The van der Waals surface area contributed by atoms with Crippen LogP contribution in [0, 0.1) is 11.3 Å². The minimum atomic E-state index is -0.348. The van der Waals surface area contributed by atoms with Crippen molar-refractivity contribution >= 4 is 16.5 Å². The molecule has 0 radical (unpaired) electrons. The maximum atomic E-state index is 9.28. The van der Waals surface area contributed by atoms with Crippen LogP contribution in [0.25, 0.3) is 10.8 Å². The zero-order chi connectivity index (χ0) is 15.0. The van der Waals surface area contributed by atoms with Gasteiger partial charge >= 0.3 is 0 Å². The van der Waals surface area contributed by atoms with Gasteiger partial charge in [0, 0.05) is 42.4 Å². The van der Waals surface area contributed by atoms with Crippen LogP contribution >= 0.6 is 0 Å². The zero-order valence-corrected chi connectivity index (χ0v) is 12.4. The van der Waals surface area contributed by atoms with E-state index < -0.39 is 0 Å². The molecule has 4 nitrogen and oxygen atoms in total. The van der Waals surface area contributed by atoms with E-state index in [-0.39, 0.29) is 5.79 Å². The molecule has 22 heavy (non-hydrogen) atoms. The number of rotatable bonds is 1. The molecule has 2 fully saturated rings. The van der Waals surface area contributed by atoms with Gasteiger partial charge in [-0.25, -0.2) is 0 Å². The van der Waals surface area contributed by atoms with Crippen molar-refractivity contribution in [1.29, 1.82) is 5.26 Å². The number of ether oxygens (including phenoxy) is 2. The van der Waals surface area contributed by atoms with Crippen LogP contribution in [0.4, 0.5) is 5.69 Å². The number of hydrogen-bond acceptors (Lipinski definition) is 4. The van der Waals surface area contributed by atoms with Gasteiger partial charge in [-0.1, -0.05) is 24.3 Å². The van der Waals surface area contributed by atoms with Crippen molar-refractivity contribution in [2.75, 3.05) is 31.2 Å². The lowest BCUT2D eigenvalue weighted by Gasteiger charge is -2.39. The van der Waals surface area contributed by atoms with Gasteiger partial charge in [-0.3, -0.25) is 0 Å². The number of fused-ring (bicyclic) bond motifs is 1. The van der Waals surface area contributed by atoms with Gasteiger partial charge in [0.15, 0.2) is 5.79 Å². The van der Waals surface area contributed by atoms with Gasteiger partial charge in [0.25, 0.3) is 0 Å². The van der Waals surface area contributed by atoms with E-state index in [2.05, 4.69) is 23.1 Å². The first-order chi connectivity index (χ1) is 10.8. The molecule has 2 aliphatic heterocycles. The van der Waals surface area contributed by atoms with E-state index in [1.807, 2.05) is 24.3 Å². The number of nitrogens with zero attached hydrogens (tertiary/aromatic N) is 2. The van der Waals surface area contributed by atoms with E-state index in [1.54, 1.807) is 0 Å². The normalized spacial score (nSPS) is 20.4. The molecule has 112 valence electrons. The summed E-state index contributed by atoms with van der Waals surface area (Å²) in [5.74, 6) is -0.348. The third-order valence-corrected chi connectivity index (χ3v) is 4.70. The molecular formula is C18H18N2O2. The van der Waals surface area contributed by atoms with E-state index in [0.717, 1.165) is 42.3 Å². The van der Waals surface area contributed by atoms with Crippen LogP contribution in [0.1, 0.15) is 18.4 Å². The topological polar surface area (TPSA) is 45.5 Å². The Morgan fingerprint density at radius 3 is 2.32 bits per heavy atom. The van der Waals surface area contributed by atoms with E-state index >= 15 is 0 Å². The van der Waals surface area contributed by atoms with Crippen LogP contribution in [-0.2, 0) is 9.47 Å². The molecule has 4 heteroatoms. The first kappa shape index (κ1) is 13.6. The summed E-state index contributed by atoms with van der Waals surface area (Å²) in [5.41, 5.74) is 1.93. The largest absolute Gasteiger partial charge is 0.371 e. The molecular weight excluding hydrogens is 276 g/mol. The minimum Gasteiger partial charge on any atom is -0.371 e. The summed E-state index contributed by atoms with van der Waals surface area (Å²) in [6.45, 7) is 3.24. The molecule has 0 aliphatic carbocycles. The summed E-state index contributed by atoms with van der Waals surface area (Å²) in [4.78, 5) is 2.37. The monoisotopic (exact) mass is 294 g/mol. The Labute approximate surface area is 129 Å². The fourth-order valence-electron chi connectivity index (χ4n) is 3.53. The predicted octanol–water partition coefficient (Wildman–Crippen LogP) is 3.05. The highest BCUT2D eigenvalue weighted by Gasteiger charge is 2.39. The molecule has 2 heterocycles. The molecule has 0 atom stereocenters. The van der Waals surface area contributed by atoms with E-state index in [4.69, 9.17) is 9.47 Å². The van der Waals surface area contributed by atoms with E-state index in [9.17, 15) is 5.26 Å². The quantitative estimate of drug-likeness (QED) is 0.811. The summed E-state index contributed by atoms with van der Waals surface area (Å²) >= 11 is 0. The predicted molar refractivity (Wildman–Crippen MR) is 84.7 cm³/mol. The number of anilines is 1. The number of hydrogen-bond donors (Lipinski definition) is 0. The number of benzene rings is 2. The van der Waals surface area contributed by atoms with Crippen molar-refractivity contribution in [3.63, 3.8) is 0 Å².